The van der Waals surface area contributed by atoms with Crippen LogP contribution in [0.3, 0.4) is 0 Å². The zero-order valence-corrected chi connectivity index (χ0v) is 16.1. The topological polar surface area (TPSA) is 75.0 Å². The maximum atomic E-state index is 12.6. The fourth-order valence-corrected chi connectivity index (χ4v) is 3.91. The highest BCUT2D eigenvalue weighted by atomic mass is 32.2. The van der Waals surface area contributed by atoms with Crippen molar-refractivity contribution in [2.45, 2.75) is 0 Å². The molecule has 0 aromatic heterocycles. The average molecular weight is 391 g/mol. The summed E-state index contributed by atoms with van der Waals surface area (Å²) in [6, 6.07) is 15.0. The highest BCUT2D eigenvalue weighted by Gasteiger charge is 2.36. The van der Waals surface area contributed by atoms with Crippen LogP contribution in [0.2, 0.25) is 0 Å². The van der Waals surface area contributed by atoms with E-state index < -0.39 is 5.91 Å². The average Bonchev–Trinajstić information content (AvgIpc) is 3.15. The predicted molar refractivity (Wildman–Crippen MR) is 112 cm³/mol. The van der Waals surface area contributed by atoms with E-state index in [1.807, 2.05) is 35.7 Å². The maximum Gasteiger partial charge on any atom is 0.283 e. The van der Waals surface area contributed by atoms with Gasteiger partial charge < -0.3 is 9.47 Å². The van der Waals surface area contributed by atoms with Gasteiger partial charge in [0.2, 0.25) is 0 Å². The first-order valence-corrected chi connectivity index (χ1v) is 9.38. The molecule has 2 aromatic carbocycles. The fraction of sp³-hybridized carbons (Fsp3) is 0.0952. The van der Waals surface area contributed by atoms with Gasteiger partial charge in [0.1, 0.15) is 17.3 Å². The molecule has 0 saturated heterocycles. The van der Waals surface area contributed by atoms with E-state index in [9.17, 15) is 4.79 Å². The molecular formula is C21H17N3O3S. The van der Waals surface area contributed by atoms with E-state index in [0.717, 1.165) is 11.3 Å². The van der Waals surface area contributed by atoms with Crippen molar-refractivity contribution in [1.29, 1.82) is 5.41 Å². The Morgan fingerprint density at radius 1 is 1.11 bits per heavy atom. The van der Waals surface area contributed by atoms with Crippen molar-refractivity contribution in [3.63, 3.8) is 0 Å². The monoisotopic (exact) mass is 391 g/mol. The normalized spacial score (nSPS) is 17.4. The summed E-state index contributed by atoms with van der Waals surface area (Å²) in [5.41, 5.74) is 2.62. The molecule has 2 aliphatic heterocycles. The number of thioether (sulfide) groups is 1. The molecule has 28 heavy (non-hydrogen) atoms. The molecule has 0 saturated carbocycles. The van der Waals surface area contributed by atoms with Crippen LogP contribution >= 0.6 is 11.8 Å². The van der Waals surface area contributed by atoms with Crippen LogP contribution in [0.1, 0.15) is 11.1 Å². The van der Waals surface area contributed by atoms with Crippen molar-refractivity contribution in [3.8, 4) is 11.5 Å². The van der Waals surface area contributed by atoms with E-state index in [1.54, 1.807) is 43.4 Å². The molecule has 0 radical (unpaired) electrons. The van der Waals surface area contributed by atoms with Gasteiger partial charge in [0.25, 0.3) is 5.91 Å². The number of fused-ring (bicyclic) bond motifs is 1. The number of hydrogen-bond donors (Lipinski definition) is 1. The van der Waals surface area contributed by atoms with E-state index in [1.165, 1.54) is 11.8 Å². The molecule has 0 bridgehead atoms. The molecular weight excluding hydrogens is 374 g/mol. The van der Waals surface area contributed by atoms with Gasteiger partial charge >= 0.3 is 0 Å². The third kappa shape index (κ3) is 3.10. The van der Waals surface area contributed by atoms with Gasteiger partial charge in [-0.25, -0.2) is 0 Å². The van der Waals surface area contributed by atoms with Crippen molar-refractivity contribution in [2.24, 2.45) is 4.99 Å². The van der Waals surface area contributed by atoms with Crippen LogP contribution in [-0.4, -0.2) is 36.0 Å². The standard InChI is InChI=1S/C21H17N3O3S/c1-26-15-8-9-18(27-2)14(10-15)11-16-19(22)24-17(13-6-4-3-5-7-13)12-28-21(24)23-20(16)25/h3-12,22H,1-2H3. The molecule has 0 spiro atoms. The second-order valence-electron chi connectivity index (χ2n) is 6.04. The summed E-state index contributed by atoms with van der Waals surface area (Å²) in [7, 11) is 3.13. The number of aliphatic imine (C=N–C) groups is 1. The van der Waals surface area contributed by atoms with Crippen molar-refractivity contribution < 1.29 is 14.3 Å². The van der Waals surface area contributed by atoms with Gasteiger partial charge in [0.05, 0.1) is 25.5 Å². The quantitative estimate of drug-likeness (QED) is 0.797. The van der Waals surface area contributed by atoms with E-state index in [4.69, 9.17) is 14.9 Å². The Labute approximate surface area is 166 Å². The number of nitrogens with zero attached hydrogens (tertiary/aromatic N) is 2. The third-order valence-electron chi connectivity index (χ3n) is 4.42. The molecule has 140 valence electrons. The Bertz CT molecular complexity index is 1060. The molecule has 1 N–H and O–H groups in total. The Morgan fingerprint density at radius 3 is 2.61 bits per heavy atom. The van der Waals surface area contributed by atoms with Crippen LogP contribution in [0.25, 0.3) is 11.8 Å². The van der Waals surface area contributed by atoms with Crippen LogP contribution in [0.15, 0.2) is 64.5 Å². The summed E-state index contributed by atoms with van der Waals surface area (Å²) in [6.45, 7) is 0. The van der Waals surface area contributed by atoms with Crippen LogP contribution in [-0.2, 0) is 4.79 Å². The first kappa shape index (κ1) is 18.1. The minimum atomic E-state index is -0.448. The molecule has 0 aliphatic carbocycles. The van der Waals surface area contributed by atoms with Crippen molar-refractivity contribution >= 4 is 40.4 Å². The van der Waals surface area contributed by atoms with Gasteiger partial charge in [0.15, 0.2) is 5.17 Å². The molecule has 0 atom stereocenters. The van der Waals surface area contributed by atoms with Gasteiger partial charge in [0, 0.05) is 11.0 Å². The fourth-order valence-electron chi connectivity index (χ4n) is 3.02. The number of carbonyl (C=O) groups is 1. The second kappa shape index (κ2) is 7.36. The van der Waals surface area contributed by atoms with Crippen LogP contribution in [0, 0.1) is 5.41 Å². The minimum Gasteiger partial charge on any atom is -0.497 e. The molecule has 6 nitrogen and oxygen atoms in total. The Morgan fingerprint density at radius 2 is 1.89 bits per heavy atom. The summed E-state index contributed by atoms with van der Waals surface area (Å²) < 4.78 is 10.7. The highest BCUT2D eigenvalue weighted by molar-refractivity contribution is 8.17. The second-order valence-corrected chi connectivity index (χ2v) is 6.87. The predicted octanol–water partition coefficient (Wildman–Crippen LogP) is 4.01. The van der Waals surface area contributed by atoms with Crippen molar-refractivity contribution in [2.75, 3.05) is 14.2 Å². The van der Waals surface area contributed by atoms with Crippen LogP contribution in [0.5, 0.6) is 11.5 Å². The van der Waals surface area contributed by atoms with Crippen molar-refractivity contribution in [1.82, 2.24) is 4.90 Å². The molecule has 0 fully saturated rings. The van der Waals surface area contributed by atoms with Gasteiger partial charge in [-0.1, -0.05) is 42.1 Å². The number of amides is 1. The summed E-state index contributed by atoms with van der Waals surface area (Å²) in [6.07, 6.45) is 1.62. The molecule has 2 heterocycles. The minimum absolute atomic E-state index is 0.0833. The number of nitrogens with one attached hydrogen (secondary N) is 1. The van der Waals surface area contributed by atoms with E-state index in [2.05, 4.69) is 4.99 Å². The molecule has 7 heteroatoms. The van der Waals surface area contributed by atoms with Gasteiger partial charge in [-0.2, -0.15) is 4.99 Å². The molecule has 0 unspecified atom stereocenters. The Balaban J connectivity index is 1.77. The Kier molecular flexibility index (Phi) is 4.75. The lowest BCUT2D eigenvalue weighted by molar-refractivity contribution is -0.114. The zero-order chi connectivity index (χ0) is 19.7. The lowest BCUT2D eigenvalue weighted by Gasteiger charge is -2.27. The number of amidine groups is 2. The lowest BCUT2D eigenvalue weighted by Crippen LogP contribution is -2.38. The number of rotatable bonds is 4. The molecule has 1 amide bonds. The summed E-state index contributed by atoms with van der Waals surface area (Å²) in [4.78, 5) is 18.5. The smallest absolute Gasteiger partial charge is 0.283 e. The summed E-state index contributed by atoms with van der Waals surface area (Å²) in [5, 5.41) is 11.1. The maximum absolute atomic E-state index is 12.6. The molecule has 2 aliphatic rings. The SMILES string of the molecule is COc1ccc(OC)c(C=C2C(=N)N3C(c4ccccc4)=CSC3=NC2=O)c1. The molecule has 2 aromatic rings. The van der Waals surface area contributed by atoms with Crippen molar-refractivity contribution in [3.05, 3.63) is 70.6 Å². The number of methoxy groups -OCH3 is 2. The van der Waals surface area contributed by atoms with Crippen LogP contribution in [0.4, 0.5) is 0 Å². The van der Waals surface area contributed by atoms with Gasteiger partial charge in [-0.05, 0) is 29.8 Å². The third-order valence-corrected chi connectivity index (χ3v) is 5.25. The van der Waals surface area contributed by atoms with Crippen LogP contribution < -0.4 is 9.47 Å². The summed E-state index contributed by atoms with van der Waals surface area (Å²) >= 11 is 1.34. The number of ether oxygens (including phenoxy) is 2. The van der Waals surface area contributed by atoms with Gasteiger partial charge in [-0.15, -0.1) is 0 Å². The Hall–Kier alpha value is -3.32. The van der Waals surface area contributed by atoms with E-state index >= 15 is 0 Å². The van der Waals surface area contributed by atoms with E-state index in [0.29, 0.717) is 22.2 Å². The highest BCUT2D eigenvalue weighted by Crippen LogP contribution is 2.37. The lowest BCUT2D eigenvalue weighted by atomic mass is 10.0. The first-order chi connectivity index (χ1) is 13.6. The number of carbonyl (C=O) groups excluding carboxylic acids is 1. The number of hydrogen-bond acceptors (Lipinski definition) is 5. The summed E-state index contributed by atoms with van der Waals surface area (Å²) in [5.74, 6) is 0.850. The zero-order valence-electron chi connectivity index (χ0n) is 15.3. The number of benzene rings is 2. The first-order valence-electron chi connectivity index (χ1n) is 8.50. The van der Waals surface area contributed by atoms with Gasteiger partial charge in [-0.3, -0.25) is 15.1 Å². The van der Waals surface area contributed by atoms with E-state index in [-0.39, 0.29) is 11.4 Å². The largest absolute Gasteiger partial charge is 0.497 e. The molecule has 4 rings (SSSR count).